The first-order chi connectivity index (χ1) is 9.20. The Morgan fingerprint density at radius 1 is 1.37 bits per heavy atom. The van der Waals surface area contributed by atoms with Gasteiger partial charge in [0.25, 0.3) is 0 Å². The lowest BCUT2D eigenvalue weighted by molar-refractivity contribution is 0.163. The average Bonchev–Trinajstić information content (AvgIpc) is 2.84. The van der Waals surface area contributed by atoms with Crippen molar-refractivity contribution in [2.75, 3.05) is 45.7 Å². The van der Waals surface area contributed by atoms with Gasteiger partial charge in [0.1, 0.15) is 12.1 Å². The van der Waals surface area contributed by atoms with Crippen molar-refractivity contribution >= 4 is 11.5 Å². The molecule has 2 aromatic heterocycles. The lowest BCUT2D eigenvalue weighted by atomic mass is 10.3. The van der Waals surface area contributed by atoms with Crippen LogP contribution >= 0.6 is 0 Å². The Morgan fingerprint density at radius 2 is 2.21 bits per heavy atom. The van der Waals surface area contributed by atoms with Crippen LogP contribution in [0, 0.1) is 6.92 Å². The maximum absolute atomic E-state index is 5.06. The number of aryl methyl sites for hydroxylation is 1. The van der Waals surface area contributed by atoms with E-state index >= 15 is 0 Å². The van der Waals surface area contributed by atoms with Crippen molar-refractivity contribution in [1.29, 1.82) is 0 Å². The average molecular weight is 263 g/mol. The minimum atomic E-state index is 0.758. The normalized spacial score (nSPS) is 11.4. The van der Waals surface area contributed by atoms with E-state index in [1.165, 1.54) is 5.56 Å². The molecule has 0 aliphatic rings. The number of rotatable bonds is 7. The van der Waals surface area contributed by atoms with Gasteiger partial charge in [-0.15, -0.1) is 0 Å². The van der Waals surface area contributed by atoms with E-state index in [0.29, 0.717) is 0 Å². The fraction of sp³-hybridized carbons (Fsp3) is 0.538. The number of ether oxygens (including phenoxy) is 1. The molecule has 1 N–H and O–H groups in total. The Balaban J connectivity index is 1.92. The summed E-state index contributed by atoms with van der Waals surface area (Å²) in [5.74, 6) is 0.979. The molecular weight excluding hydrogens is 242 g/mol. The van der Waals surface area contributed by atoms with Crippen molar-refractivity contribution in [2.45, 2.75) is 6.92 Å². The van der Waals surface area contributed by atoms with Gasteiger partial charge in [-0.25, -0.2) is 4.98 Å². The van der Waals surface area contributed by atoms with Crippen molar-refractivity contribution in [3.8, 4) is 0 Å². The monoisotopic (exact) mass is 263 g/mol. The molecule has 0 radical (unpaired) electrons. The maximum atomic E-state index is 5.06. The first kappa shape index (κ1) is 13.8. The molecule has 2 aromatic rings. The number of likely N-dealkylation sites (N-methyl/N-ethyl adjacent to an activating group) is 1. The summed E-state index contributed by atoms with van der Waals surface area (Å²) in [5.41, 5.74) is 2.05. The van der Waals surface area contributed by atoms with Crippen LogP contribution in [-0.2, 0) is 4.74 Å². The topological polar surface area (TPSA) is 54.7 Å². The molecule has 0 unspecified atom stereocenters. The summed E-state index contributed by atoms with van der Waals surface area (Å²) in [4.78, 5) is 6.44. The molecule has 6 nitrogen and oxygen atoms in total. The molecule has 0 aliphatic heterocycles. The van der Waals surface area contributed by atoms with E-state index in [1.54, 1.807) is 13.4 Å². The second kappa shape index (κ2) is 6.49. The molecule has 0 saturated heterocycles. The fourth-order valence-corrected chi connectivity index (χ4v) is 1.92. The molecule has 6 heteroatoms. The molecule has 0 spiro atoms. The van der Waals surface area contributed by atoms with E-state index in [2.05, 4.69) is 40.3 Å². The highest BCUT2D eigenvalue weighted by Gasteiger charge is 2.04. The van der Waals surface area contributed by atoms with E-state index in [-0.39, 0.29) is 0 Å². The summed E-state index contributed by atoms with van der Waals surface area (Å²) < 4.78 is 6.88. The quantitative estimate of drug-likeness (QED) is 0.808. The summed E-state index contributed by atoms with van der Waals surface area (Å²) in [6.45, 7) is 5.57. The van der Waals surface area contributed by atoms with Crippen LogP contribution in [0.25, 0.3) is 5.65 Å². The minimum Gasteiger partial charge on any atom is -0.383 e. The van der Waals surface area contributed by atoms with E-state index < -0.39 is 0 Å². The summed E-state index contributed by atoms with van der Waals surface area (Å²) in [7, 11) is 3.81. The highest BCUT2D eigenvalue weighted by molar-refractivity contribution is 5.51. The summed E-state index contributed by atoms with van der Waals surface area (Å²) >= 11 is 0. The molecule has 0 bridgehead atoms. The predicted octanol–water partition coefficient (Wildman–Crippen LogP) is 1.03. The standard InChI is InChI=1S/C13H21N5O/c1-11-8-12(18-13(9-11)15-10-16-18)14-4-5-17(2)6-7-19-3/h8-10,14H,4-7H2,1-3H3. The third kappa shape index (κ3) is 3.65. The molecule has 2 heterocycles. The summed E-state index contributed by atoms with van der Waals surface area (Å²) in [5, 5.41) is 7.62. The number of anilines is 1. The van der Waals surface area contributed by atoms with Crippen LogP contribution in [0.3, 0.4) is 0 Å². The van der Waals surface area contributed by atoms with Crippen molar-refractivity contribution < 1.29 is 4.74 Å². The molecule has 104 valence electrons. The molecule has 0 saturated carbocycles. The molecule has 19 heavy (non-hydrogen) atoms. The van der Waals surface area contributed by atoms with Crippen molar-refractivity contribution in [1.82, 2.24) is 19.5 Å². The number of hydrogen-bond donors (Lipinski definition) is 1. The maximum Gasteiger partial charge on any atom is 0.157 e. The van der Waals surface area contributed by atoms with Crippen molar-refractivity contribution in [3.63, 3.8) is 0 Å². The number of nitrogens with zero attached hydrogens (tertiary/aromatic N) is 4. The van der Waals surface area contributed by atoms with E-state index in [4.69, 9.17) is 4.74 Å². The number of aromatic nitrogens is 3. The number of hydrogen-bond acceptors (Lipinski definition) is 5. The van der Waals surface area contributed by atoms with Crippen LogP contribution < -0.4 is 5.32 Å². The van der Waals surface area contributed by atoms with E-state index in [1.807, 2.05) is 10.6 Å². The van der Waals surface area contributed by atoms with Crippen molar-refractivity contribution in [2.24, 2.45) is 0 Å². The van der Waals surface area contributed by atoms with Gasteiger partial charge in [0.15, 0.2) is 5.65 Å². The Morgan fingerprint density at radius 3 is 3.00 bits per heavy atom. The zero-order chi connectivity index (χ0) is 13.7. The molecule has 0 aromatic carbocycles. The zero-order valence-electron chi connectivity index (χ0n) is 11.8. The second-order valence-corrected chi connectivity index (χ2v) is 4.67. The van der Waals surface area contributed by atoms with Gasteiger partial charge in [-0.05, 0) is 31.7 Å². The lowest BCUT2D eigenvalue weighted by Gasteiger charge is -2.17. The van der Waals surface area contributed by atoms with Gasteiger partial charge in [0.05, 0.1) is 6.61 Å². The SMILES string of the molecule is COCCN(C)CCNc1cc(C)cc2ncnn12. The lowest BCUT2D eigenvalue weighted by Crippen LogP contribution is -2.28. The number of fused-ring (bicyclic) bond motifs is 1. The van der Waals surface area contributed by atoms with Gasteiger partial charge in [0, 0.05) is 26.7 Å². The Bertz CT molecular complexity index is 525. The van der Waals surface area contributed by atoms with Gasteiger partial charge >= 0.3 is 0 Å². The Hall–Kier alpha value is -1.66. The summed E-state index contributed by atoms with van der Waals surface area (Å²) in [6.07, 6.45) is 1.57. The van der Waals surface area contributed by atoms with E-state index in [9.17, 15) is 0 Å². The number of pyridine rings is 1. The van der Waals surface area contributed by atoms with Gasteiger partial charge in [-0.3, -0.25) is 0 Å². The third-order valence-corrected chi connectivity index (χ3v) is 3.00. The number of methoxy groups -OCH3 is 1. The smallest absolute Gasteiger partial charge is 0.157 e. The highest BCUT2D eigenvalue weighted by atomic mass is 16.5. The van der Waals surface area contributed by atoms with Crippen molar-refractivity contribution in [3.05, 3.63) is 24.0 Å². The highest BCUT2D eigenvalue weighted by Crippen LogP contribution is 2.12. The van der Waals surface area contributed by atoms with Crippen LogP contribution in [0.15, 0.2) is 18.5 Å². The molecule has 2 rings (SSSR count). The van der Waals surface area contributed by atoms with Crippen LogP contribution in [0.1, 0.15) is 5.56 Å². The van der Waals surface area contributed by atoms with Gasteiger partial charge < -0.3 is 15.0 Å². The zero-order valence-corrected chi connectivity index (χ0v) is 11.8. The van der Waals surface area contributed by atoms with Crippen LogP contribution in [0.2, 0.25) is 0 Å². The first-order valence-corrected chi connectivity index (χ1v) is 6.42. The molecule has 0 fully saturated rings. The van der Waals surface area contributed by atoms with Gasteiger partial charge in [0.2, 0.25) is 0 Å². The Labute approximate surface area is 113 Å². The Kier molecular flexibility index (Phi) is 4.70. The molecule has 0 amide bonds. The van der Waals surface area contributed by atoms with Crippen LogP contribution in [0.5, 0.6) is 0 Å². The van der Waals surface area contributed by atoms with Gasteiger partial charge in [-0.1, -0.05) is 0 Å². The largest absolute Gasteiger partial charge is 0.383 e. The van der Waals surface area contributed by atoms with Crippen LogP contribution in [-0.4, -0.2) is 59.9 Å². The molecule has 0 atom stereocenters. The predicted molar refractivity (Wildman–Crippen MR) is 75.6 cm³/mol. The third-order valence-electron chi connectivity index (χ3n) is 3.00. The minimum absolute atomic E-state index is 0.758. The second-order valence-electron chi connectivity index (χ2n) is 4.67. The molecular formula is C13H21N5O. The fourth-order valence-electron chi connectivity index (χ4n) is 1.92. The molecule has 0 aliphatic carbocycles. The first-order valence-electron chi connectivity index (χ1n) is 6.42. The number of nitrogens with one attached hydrogen (secondary N) is 1. The van der Waals surface area contributed by atoms with Gasteiger partial charge in [-0.2, -0.15) is 9.61 Å². The van der Waals surface area contributed by atoms with Crippen LogP contribution in [0.4, 0.5) is 5.82 Å². The van der Waals surface area contributed by atoms with E-state index in [0.717, 1.165) is 37.7 Å². The summed E-state index contributed by atoms with van der Waals surface area (Å²) in [6, 6.07) is 4.10.